The Morgan fingerprint density at radius 1 is 0.545 bits per heavy atom. The standard InChI is InChI=1S/C10H18.BrH/c1-2-6-10(7-3-1)8-4-5-9-10;/h1-9H2;1H. The molecule has 11 heavy (non-hydrogen) atoms. The second-order valence-electron chi connectivity index (χ2n) is 4.27. The highest BCUT2D eigenvalue weighted by Crippen LogP contribution is 2.48. The van der Waals surface area contributed by atoms with E-state index in [0.717, 1.165) is 5.41 Å². The fourth-order valence-electron chi connectivity index (χ4n) is 2.93. The molecule has 0 amide bonds. The zero-order valence-corrected chi connectivity index (χ0v) is 8.99. The fourth-order valence-corrected chi connectivity index (χ4v) is 2.93. The van der Waals surface area contributed by atoms with Crippen molar-refractivity contribution in [2.45, 2.75) is 57.8 Å². The molecule has 0 saturated heterocycles. The summed E-state index contributed by atoms with van der Waals surface area (Å²) in [6, 6.07) is 0. The molecular formula is C10H19Br. The Kier molecular flexibility index (Phi) is 3.42. The van der Waals surface area contributed by atoms with Gasteiger partial charge in [0, 0.05) is 0 Å². The molecule has 0 heterocycles. The minimum atomic E-state index is 0. The van der Waals surface area contributed by atoms with Crippen molar-refractivity contribution in [1.29, 1.82) is 0 Å². The highest BCUT2D eigenvalue weighted by molar-refractivity contribution is 8.93. The maximum Gasteiger partial charge on any atom is -0.0297 e. The highest BCUT2D eigenvalue weighted by Gasteiger charge is 2.34. The third-order valence-electron chi connectivity index (χ3n) is 3.58. The molecule has 2 fully saturated rings. The van der Waals surface area contributed by atoms with Crippen molar-refractivity contribution in [3.8, 4) is 0 Å². The monoisotopic (exact) mass is 218 g/mol. The molecule has 66 valence electrons. The number of hydrogen-bond acceptors (Lipinski definition) is 0. The van der Waals surface area contributed by atoms with Gasteiger partial charge in [-0.3, -0.25) is 0 Å². The molecule has 0 radical (unpaired) electrons. The van der Waals surface area contributed by atoms with Crippen molar-refractivity contribution >= 4 is 17.0 Å². The van der Waals surface area contributed by atoms with Crippen LogP contribution in [0.15, 0.2) is 0 Å². The van der Waals surface area contributed by atoms with Gasteiger partial charge >= 0.3 is 0 Å². The SMILES string of the molecule is Br.C1CCC2(CC1)CCCC2. The molecule has 2 saturated carbocycles. The second kappa shape index (κ2) is 3.93. The van der Waals surface area contributed by atoms with Gasteiger partial charge in [-0.1, -0.05) is 32.1 Å². The van der Waals surface area contributed by atoms with E-state index in [0.29, 0.717) is 0 Å². The van der Waals surface area contributed by atoms with Crippen LogP contribution in [0, 0.1) is 5.41 Å². The Bertz CT molecular complexity index is 106. The number of hydrogen-bond donors (Lipinski definition) is 0. The third kappa shape index (κ3) is 1.99. The van der Waals surface area contributed by atoms with E-state index < -0.39 is 0 Å². The molecular weight excluding hydrogens is 200 g/mol. The first-order chi connectivity index (χ1) is 4.91. The Hall–Kier alpha value is 0.480. The van der Waals surface area contributed by atoms with Gasteiger partial charge in [0.25, 0.3) is 0 Å². The summed E-state index contributed by atoms with van der Waals surface area (Å²) in [5, 5.41) is 0. The molecule has 2 aliphatic carbocycles. The highest BCUT2D eigenvalue weighted by atomic mass is 79.9. The first-order valence-corrected chi connectivity index (χ1v) is 4.91. The van der Waals surface area contributed by atoms with Crippen molar-refractivity contribution < 1.29 is 0 Å². The van der Waals surface area contributed by atoms with Gasteiger partial charge in [0.05, 0.1) is 0 Å². The van der Waals surface area contributed by atoms with Gasteiger partial charge in [0.15, 0.2) is 0 Å². The average Bonchev–Trinajstić information content (AvgIpc) is 2.39. The quantitative estimate of drug-likeness (QED) is 0.575. The predicted octanol–water partition coefficient (Wildman–Crippen LogP) is 4.09. The van der Waals surface area contributed by atoms with Crippen LogP contribution in [-0.4, -0.2) is 0 Å². The van der Waals surface area contributed by atoms with Crippen molar-refractivity contribution in [3.63, 3.8) is 0 Å². The normalized spacial score (nSPS) is 28.4. The summed E-state index contributed by atoms with van der Waals surface area (Å²) in [6.45, 7) is 0. The van der Waals surface area contributed by atoms with Crippen LogP contribution in [0.2, 0.25) is 0 Å². The zero-order valence-electron chi connectivity index (χ0n) is 7.27. The molecule has 1 spiro atoms. The van der Waals surface area contributed by atoms with E-state index in [1.807, 2.05) is 0 Å². The first-order valence-electron chi connectivity index (χ1n) is 4.91. The molecule has 2 aliphatic rings. The Labute approximate surface area is 80.5 Å². The van der Waals surface area contributed by atoms with E-state index in [4.69, 9.17) is 0 Å². The maximum atomic E-state index is 1.56. The summed E-state index contributed by atoms with van der Waals surface area (Å²) in [6.07, 6.45) is 13.9. The van der Waals surface area contributed by atoms with Crippen molar-refractivity contribution in [1.82, 2.24) is 0 Å². The Morgan fingerprint density at radius 3 is 1.36 bits per heavy atom. The summed E-state index contributed by atoms with van der Waals surface area (Å²) in [5.41, 5.74) is 0.873. The smallest absolute Gasteiger partial charge is 0.0297 e. The van der Waals surface area contributed by atoms with Crippen LogP contribution in [0.5, 0.6) is 0 Å². The Morgan fingerprint density at radius 2 is 0.909 bits per heavy atom. The van der Waals surface area contributed by atoms with Gasteiger partial charge in [0.2, 0.25) is 0 Å². The van der Waals surface area contributed by atoms with E-state index in [-0.39, 0.29) is 17.0 Å². The van der Waals surface area contributed by atoms with Gasteiger partial charge in [-0.05, 0) is 31.1 Å². The van der Waals surface area contributed by atoms with Crippen LogP contribution >= 0.6 is 17.0 Å². The van der Waals surface area contributed by atoms with E-state index in [9.17, 15) is 0 Å². The zero-order chi connectivity index (χ0) is 6.86. The summed E-state index contributed by atoms with van der Waals surface area (Å²) in [4.78, 5) is 0. The molecule has 0 N–H and O–H groups in total. The molecule has 0 aromatic heterocycles. The van der Waals surface area contributed by atoms with Crippen molar-refractivity contribution in [2.24, 2.45) is 5.41 Å². The summed E-state index contributed by atoms with van der Waals surface area (Å²) in [7, 11) is 0. The van der Waals surface area contributed by atoms with Crippen LogP contribution in [-0.2, 0) is 0 Å². The summed E-state index contributed by atoms with van der Waals surface area (Å²) >= 11 is 0. The molecule has 0 bridgehead atoms. The molecule has 0 aromatic carbocycles. The lowest BCUT2D eigenvalue weighted by molar-refractivity contribution is 0.197. The largest absolute Gasteiger partial charge is 0.114 e. The van der Waals surface area contributed by atoms with Crippen molar-refractivity contribution in [2.75, 3.05) is 0 Å². The summed E-state index contributed by atoms with van der Waals surface area (Å²) < 4.78 is 0. The van der Waals surface area contributed by atoms with Gasteiger partial charge in [0.1, 0.15) is 0 Å². The van der Waals surface area contributed by atoms with Crippen molar-refractivity contribution in [3.05, 3.63) is 0 Å². The number of rotatable bonds is 0. The number of halogens is 1. The van der Waals surface area contributed by atoms with Gasteiger partial charge in [-0.15, -0.1) is 17.0 Å². The molecule has 0 atom stereocenters. The molecule has 0 unspecified atom stereocenters. The maximum absolute atomic E-state index is 1.56. The van der Waals surface area contributed by atoms with E-state index in [1.54, 1.807) is 25.7 Å². The molecule has 0 nitrogen and oxygen atoms in total. The molecule has 1 heteroatoms. The van der Waals surface area contributed by atoms with Crippen LogP contribution in [0.4, 0.5) is 0 Å². The lowest BCUT2D eigenvalue weighted by Crippen LogP contribution is -2.19. The molecule has 0 aliphatic heterocycles. The minimum Gasteiger partial charge on any atom is -0.114 e. The van der Waals surface area contributed by atoms with E-state index in [1.165, 1.54) is 32.1 Å². The average molecular weight is 219 g/mol. The lowest BCUT2D eigenvalue weighted by atomic mass is 9.73. The van der Waals surface area contributed by atoms with Crippen LogP contribution < -0.4 is 0 Å². The fraction of sp³-hybridized carbons (Fsp3) is 1.00. The molecule has 0 aromatic rings. The van der Waals surface area contributed by atoms with E-state index >= 15 is 0 Å². The van der Waals surface area contributed by atoms with E-state index in [2.05, 4.69) is 0 Å². The van der Waals surface area contributed by atoms with Gasteiger partial charge in [-0.2, -0.15) is 0 Å². The first kappa shape index (κ1) is 9.57. The van der Waals surface area contributed by atoms with Crippen LogP contribution in [0.3, 0.4) is 0 Å². The molecule has 2 rings (SSSR count). The van der Waals surface area contributed by atoms with Crippen LogP contribution in [0.1, 0.15) is 57.8 Å². The van der Waals surface area contributed by atoms with Crippen LogP contribution in [0.25, 0.3) is 0 Å². The predicted molar refractivity (Wildman–Crippen MR) is 54.3 cm³/mol. The topological polar surface area (TPSA) is 0 Å². The van der Waals surface area contributed by atoms with Gasteiger partial charge < -0.3 is 0 Å². The lowest BCUT2D eigenvalue weighted by Gasteiger charge is -2.32. The third-order valence-corrected chi connectivity index (χ3v) is 3.58. The minimum absolute atomic E-state index is 0. The van der Waals surface area contributed by atoms with Gasteiger partial charge in [-0.25, -0.2) is 0 Å². The summed E-state index contributed by atoms with van der Waals surface area (Å²) in [5.74, 6) is 0. The Balaban J connectivity index is 0.000000605. The second-order valence-corrected chi connectivity index (χ2v) is 4.27.